The van der Waals surface area contributed by atoms with Gasteiger partial charge in [0.25, 0.3) is 0 Å². The van der Waals surface area contributed by atoms with Gasteiger partial charge in [-0.25, -0.2) is 9.59 Å². The third-order valence-electron chi connectivity index (χ3n) is 2.87. The number of benzene rings is 1. The van der Waals surface area contributed by atoms with E-state index in [-0.39, 0.29) is 0 Å². The molecule has 0 saturated heterocycles. The summed E-state index contributed by atoms with van der Waals surface area (Å²) in [5.74, 6) is -0.553. The van der Waals surface area contributed by atoms with Gasteiger partial charge in [0, 0.05) is 25.0 Å². The van der Waals surface area contributed by atoms with Crippen molar-refractivity contribution in [1.82, 2.24) is 4.57 Å². The average molecular weight is 285 g/mol. The molecule has 0 fully saturated rings. The first kappa shape index (κ1) is 14.6. The summed E-state index contributed by atoms with van der Waals surface area (Å²) in [5, 5.41) is 0. The number of hydrogen-bond donors (Lipinski definition) is 0. The Bertz CT molecular complexity index is 668. The number of aryl methyl sites for hydroxylation is 1. The second-order valence-corrected chi connectivity index (χ2v) is 4.31. The van der Waals surface area contributed by atoms with E-state index in [0.717, 1.165) is 5.69 Å². The number of aromatic nitrogens is 1. The summed E-state index contributed by atoms with van der Waals surface area (Å²) in [7, 11) is 3.20. The van der Waals surface area contributed by atoms with Crippen molar-refractivity contribution in [3.8, 4) is 5.75 Å². The molecule has 5 nitrogen and oxygen atoms in total. The minimum atomic E-state index is -0.484. The first-order valence-electron chi connectivity index (χ1n) is 6.30. The summed E-state index contributed by atoms with van der Waals surface area (Å²) in [4.78, 5) is 23.0. The van der Waals surface area contributed by atoms with E-state index in [1.807, 2.05) is 29.9 Å². The zero-order chi connectivity index (χ0) is 15.2. The van der Waals surface area contributed by atoms with Gasteiger partial charge in [-0.15, -0.1) is 0 Å². The molecule has 0 atom stereocenters. The highest BCUT2D eigenvalue weighted by Crippen LogP contribution is 2.13. The van der Waals surface area contributed by atoms with Gasteiger partial charge in [-0.1, -0.05) is 0 Å². The largest absolute Gasteiger partial charge is 0.465 e. The van der Waals surface area contributed by atoms with Gasteiger partial charge in [-0.05, 0) is 42.5 Å². The molecule has 5 heteroatoms. The van der Waals surface area contributed by atoms with Crippen LogP contribution in [0, 0.1) is 0 Å². The molecule has 0 spiro atoms. The van der Waals surface area contributed by atoms with Gasteiger partial charge in [0.1, 0.15) is 5.75 Å². The summed E-state index contributed by atoms with van der Waals surface area (Å²) >= 11 is 0. The molecule has 0 aliphatic carbocycles. The lowest BCUT2D eigenvalue weighted by Gasteiger charge is -2.03. The lowest BCUT2D eigenvalue weighted by atomic mass is 10.2. The van der Waals surface area contributed by atoms with Gasteiger partial charge in [0.2, 0.25) is 0 Å². The molecule has 0 radical (unpaired) electrons. The molecular weight excluding hydrogens is 270 g/mol. The highest BCUT2D eigenvalue weighted by Gasteiger charge is 2.06. The fraction of sp³-hybridized carbons (Fsp3) is 0.125. The van der Waals surface area contributed by atoms with Crippen molar-refractivity contribution < 1.29 is 19.1 Å². The number of carbonyl (C=O) groups excluding carboxylic acids is 2. The molecule has 2 aromatic rings. The number of esters is 2. The molecular formula is C16H15NO4. The summed E-state index contributed by atoms with van der Waals surface area (Å²) in [6.45, 7) is 0. The Kier molecular flexibility index (Phi) is 4.56. The van der Waals surface area contributed by atoms with Crippen LogP contribution in [0.1, 0.15) is 16.1 Å². The maximum absolute atomic E-state index is 11.7. The van der Waals surface area contributed by atoms with Gasteiger partial charge in [-0.3, -0.25) is 0 Å². The number of ether oxygens (including phenoxy) is 2. The normalized spacial score (nSPS) is 10.6. The van der Waals surface area contributed by atoms with Crippen LogP contribution in [0.2, 0.25) is 0 Å². The fourth-order valence-electron chi connectivity index (χ4n) is 1.73. The molecule has 0 amide bonds. The molecule has 2 rings (SSSR count). The van der Waals surface area contributed by atoms with Crippen molar-refractivity contribution in [3.05, 3.63) is 59.9 Å². The molecule has 1 heterocycles. The molecule has 108 valence electrons. The Morgan fingerprint density at radius 1 is 1.14 bits per heavy atom. The Hall–Kier alpha value is -2.82. The molecule has 1 aromatic carbocycles. The quantitative estimate of drug-likeness (QED) is 0.492. The molecule has 0 aliphatic heterocycles. The third-order valence-corrected chi connectivity index (χ3v) is 2.87. The maximum atomic E-state index is 11.7. The number of carbonyl (C=O) groups is 2. The van der Waals surface area contributed by atoms with E-state index >= 15 is 0 Å². The van der Waals surface area contributed by atoms with E-state index in [0.29, 0.717) is 11.3 Å². The second-order valence-electron chi connectivity index (χ2n) is 4.31. The standard InChI is InChI=1S/C16H15NO4/c1-17-11-3-4-13(17)7-10-15(18)21-14-8-5-12(6-9-14)16(19)20-2/h3-11H,1-2H3. The Morgan fingerprint density at radius 2 is 1.86 bits per heavy atom. The van der Waals surface area contributed by atoms with Crippen LogP contribution < -0.4 is 4.74 Å². The molecule has 0 N–H and O–H groups in total. The number of nitrogens with zero attached hydrogens (tertiary/aromatic N) is 1. The van der Waals surface area contributed by atoms with E-state index in [1.54, 1.807) is 18.2 Å². The van der Waals surface area contributed by atoms with Crippen LogP contribution >= 0.6 is 0 Å². The second kappa shape index (κ2) is 6.56. The highest BCUT2D eigenvalue weighted by molar-refractivity contribution is 5.90. The molecule has 21 heavy (non-hydrogen) atoms. The van der Waals surface area contributed by atoms with E-state index in [1.165, 1.54) is 25.3 Å². The van der Waals surface area contributed by atoms with Gasteiger partial charge in [-0.2, -0.15) is 0 Å². The number of rotatable bonds is 4. The first-order valence-corrected chi connectivity index (χ1v) is 6.30. The zero-order valence-corrected chi connectivity index (χ0v) is 11.8. The predicted molar refractivity (Wildman–Crippen MR) is 77.9 cm³/mol. The molecule has 0 bridgehead atoms. The smallest absolute Gasteiger partial charge is 0.337 e. The van der Waals surface area contributed by atoms with E-state index in [2.05, 4.69) is 4.74 Å². The van der Waals surface area contributed by atoms with Gasteiger partial charge < -0.3 is 14.0 Å². The molecule has 0 unspecified atom stereocenters. The van der Waals surface area contributed by atoms with Crippen LogP contribution in [-0.4, -0.2) is 23.6 Å². The topological polar surface area (TPSA) is 57.5 Å². The van der Waals surface area contributed by atoms with Gasteiger partial charge in [0.15, 0.2) is 0 Å². The third kappa shape index (κ3) is 3.82. The van der Waals surface area contributed by atoms with Crippen LogP contribution in [0.25, 0.3) is 6.08 Å². The van der Waals surface area contributed by atoms with Crippen molar-refractivity contribution in [3.63, 3.8) is 0 Å². The van der Waals surface area contributed by atoms with Crippen LogP contribution in [0.5, 0.6) is 5.75 Å². The van der Waals surface area contributed by atoms with E-state index in [9.17, 15) is 9.59 Å². The average Bonchev–Trinajstić information content (AvgIpc) is 2.90. The van der Waals surface area contributed by atoms with Crippen LogP contribution in [-0.2, 0) is 16.6 Å². The van der Waals surface area contributed by atoms with Crippen LogP contribution in [0.3, 0.4) is 0 Å². The minimum Gasteiger partial charge on any atom is -0.465 e. The monoisotopic (exact) mass is 285 g/mol. The van der Waals surface area contributed by atoms with Crippen molar-refractivity contribution in [2.45, 2.75) is 0 Å². The molecule has 0 aliphatic rings. The van der Waals surface area contributed by atoms with Crippen molar-refractivity contribution >= 4 is 18.0 Å². The van der Waals surface area contributed by atoms with Crippen LogP contribution in [0.15, 0.2) is 48.7 Å². The SMILES string of the molecule is COC(=O)c1ccc(OC(=O)C=Cc2cccn2C)cc1. The Balaban J connectivity index is 1.98. The number of hydrogen-bond acceptors (Lipinski definition) is 4. The van der Waals surface area contributed by atoms with Gasteiger partial charge in [0.05, 0.1) is 12.7 Å². The van der Waals surface area contributed by atoms with E-state index in [4.69, 9.17) is 4.74 Å². The lowest BCUT2D eigenvalue weighted by molar-refractivity contribution is -0.128. The van der Waals surface area contributed by atoms with Crippen molar-refractivity contribution in [2.75, 3.05) is 7.11 Å². The summed E-state index contributed by atoms with van der Waals surface area (Å²) in [5.41, 5.74) is 1.30. The zero-order valence-electron chi connectivity index (χ0n) is 11.8. The summed E-state index contributed by atoms with van der Waals surface area (Å²) in [6.07, 6.45) is 4.91. The predicted octanol–water partition coefficient (Wildman–Crippen LogP) is 2.43. The van der Waals surface area contributed by atoms with Crippen molar-refractivity contribution in [1.29, 1.82) is 0 Å². The summed E-state index contributed by atoms with van der Waals surface area (Å²) in [6, 6.07) is 9.93. The van der Waals surface area contributed by atoms with Crippen molar-refractivity contribution in [2.24, 2.45) is 7.05 Å². The fourth-order valence-corrected chi connectivity index (χ4v) is 1.73. The molecule has 0 saturated carbocycles. The Labute approximate surface area is 122 Å². The van der Waals surface area contributed by atoms with Gasteiger partial charge >= 0.3 is 11.9 Å². The summed E-state index contributed by atoms with van der Waals surface area (Å²) < 4.78 is 11.6. The maximum Gasteiger partial charge on any atom is 0.337 e. The minimum absolute atomic E-state index is 0.365. The van der Waals surface area contributed by atoms with E-state index < -0.39 is 11.9 Å². The first-order chi connectivity index (χ1) is 10.1. The Morgan fingerprint density at radius 3 is 2.43 bits per heavy atom. The number of methoxy groups -OCH3 is 1. The lowest BCUT2D eigenvalue weighted by Crippen LogP contribution is -2.05. The molecule has 1 aromatic heterocycles. The van der Waals surface area contributed by atoms with Crippen LogP contribution in [0.4, 0.5) is 0 Å². The highest BCUT2D eigenvalue weighted by atomic mass is 16.5.